The lowest BCUT2D eigenvalue weighted by Crippen LogP contribution is -1.97. The second-order valence-electron chi connectivity index (χ2n) is 4.27. The van der Waals surface area contributed by atoms with Gasteiger partial charge in [-0.2, -0.15) is 0 Å². The first-order valence-corrected chi connectivity index (χ1v) is 5.22. The SMILES string of the molecule is CC(C)c1cc(O)cc2c(F)cc(F)c(F)c12. The van der Waals surface area contributed by atoms with Crippen LogP contribution in [0.3, 0.4) is 0 Å². The van der Waals surface area contributed by atoms with Gasteiger partial charge in [0.25, 0.3) is 0 Å². The lowest BCUT2D eigenvalue weighted by molar-refractivity contribution is 0.473. The van der Waals surface area contributed by atoms with E-state index in [4.69, 9.17) is 0 Å². The fraction of sp³-hybridized carbons (Fsp3) is 0.231. The molecule has 4 heteroatoms. The molecule has 1 nitrogen and oxygen atoms in total. The topological polar surface area (TPSA) is 20.2 Å². The summed E-state index contributed by atoms with van der Waals surface area (Å²) >= 11 is 0. The third-order valence-corrected chi connectivity index (χ3v) is 2.72. The highest BCUT2D eigenvalue weighted by Gasteiger charge is 2.18. The van der Waals surface area contributed by atoms with Gasteiger partial charge in [0.15, 0.2) is 11.6 Å². The summed E-state index contributed by atoms with van der Waals surface area (Å²) in [7, 11) is 0. The maximum atomic E-state index is 13.7. The molecule has 0 saturated heterocycles. The van der Waals surface area contributed by atoms with Gasteiger partial charge in [-0.05, 0) is 23.6 Å². The minimum absolute atomic E-state index is 0.102. The van der Waals surface area contributed by atoms with E-state index in [0.717, 1.165) is 6.07 Å². The molecule has 0 saturated carbocycles. The van der Waals surface area contributed by atoms with Gasteiger partial charge in [-0.1, -0.05) is 13.8 Å². The minimum atomic E-state index is -1.22. The van der Waals surface area contributed by atoms with Crippen LogP contribution < -0.4 is 0 Å². The van der Waals surface area contributed by atoms with Crippen molar-refractivity contribution in [2.45, 2.75) is 19.8 Å². The Labute approximate surface area is 96.5 Å². The first-order chi connectivity index (χ1) is 7.91. The predicted molar refractivity (Wildman–Crippen MR) is 59.6 cm³/mol. The molecule has 2 rings (SSSR count). The Bertz CT molecular complexity index is 591. The van der Waals surface area contributed by atoms with Crippen molar-refractivity contribution in [3.63, 3.8) is 0 Å². The fourth-order valence-corrected chi connectivity index (χ4v) is 1.91. The zero-order valence-electron chi connectivity index (χ0n) is 9.39. The molecule has 0 bridgehead atoms. The van der Waals surface area contributed by atoms with Crippen LogP contribution in [0, 0.1) is 17.5 Å². The third kappa shape index (κ3) is 1.84. The molecular formula is C13H11F3O. The number of phenols is 1. The average Bonchev–Trinajstić information content (AvgIpc) is 2.25. The maximum absolute atomic E-state index is 13.7. The summed E-state index contributed by atoms with van der Waals surface area (Å²) in [5.74, 6) is -3.49. The van der Waals surface area contributed by atoms with Crippen LogP contribution in [0.2, 0.25) is 0 Å². The molecule has 0 heterocycles. The summed E-state index contributed by atoms with van der Waals surface area (Å²) in [4.78, 5) is 0. The summed E-state index contributed by atoms with van der Waals surface area (Å²) in [5, 5.41) is 9.26. The molecule has 0 aliphatic carbocycles. The number of hydrogen-bond donors (Lipinski definition) is 1. The quantitative estimate of drug-likeness (QED) is 0.744. The third-order valence-electron chi connectivity index (χ3n) is 2.72. The number of hydrogen-bond acceptors (Lipinski definition) is 1. The monoisotopic (exact) mass is 240 g/mol. The number of benzene rings is 2. The van der Waals surface area contributed by atoms with E-state index in [-0.39, 0.29) is 22.4 Å². The van der Waals surface area contributed by atoms with Crippen LogP contribution in [-0.4, -0.2) is 5.11 Å². The van der Waals surface area contributed by atoms with E-state index in [1.165, 1.54) is 6.07 Å². The highest BCUT2D eigenvalue weighted by molar-refractivity contribution is 5.88. The molecule has 0 fully saturated rings. The number of fused-ring (bicyclic) bond motifs is 1. The smallest absolute Gasteiger partial charge is 0.167 e. The predicted octanol–water partition coefficient (Wildman–Crippen LogP) is 4.09. The summed E-state index contributed by atoms with van der Waals surface area (Å²) in [6.45, 7) is 3.52. The Morgan fingerprint density at radius 2 is 1.65 bits per heavy atom. The molecule has 0 amide bonds. The highest BCUT2D eigenvalue weighted by Crippen LogP contribution is 2.34. The van der Waals surface area contributed by atoms with Gasteiger partial charge in [0.2, 0.25) is 0 Å². The molecule has 0 radical (unpaired) electrons. The molecule has 0 unspecified atom stereocenters. The number of aromatic hydroxyl groups is 1. The van der Waals surface area contributed by atoms with E-state index in [1.807, 2.05) is 0 Å². The van der Waals surface area contributed by atoms with Crippen molar-refractivity contribution in [3.8, 4) is 5.75 Å². The van der Waals surface area contributed by atoms with Crippen molar-refractivity contribution < 1.29 is 18.3 Å². The van der Waals surface area contributed by atoms with Crippen molar-refractivity contribution in [1.29, 1.82) is 0 Å². The molecule has 0 spiro atoms. The van der Waals surface area contributed by atoms with Crippen LogP contribution in [-0.2, 0) is 0 Å². The van der Waals surface area contributed by atoms with Crippen molar-refractivity contribution in [1.82, 2.24) is 0 Å². The van der Waals surface area contributed by atoms with Crippen molar-refractivity contribution >= 4 is 10.8 Å². The van der Waals surface area contributed by atoms with Crippen LogP contribution in [0.1, 0.15) is 25.3 Å². The Morgan fingerprint density at radius 1 is 1.00 bits per heavy atom. The first kappa shape index (κ1) is 11.8. The number of halogens is 3. The Balaban J connectivity index is 2.99. The lowest BCUT2D eigenvalue weighted by Gasteiger charge is -2.12. The summed E-state index contributed by atoms with van der Waals surface area (Å²) < 4.78 is 40.4. The average molecular weight is 240 g/mol. The zero-order valence-corrected chi connectivity index (χ0v) is 9.39. The van der Waals surface area contributed by atoms with Gasteiger partial charge < -0.3 is 5.11 Å². The van der Waals surface area contributed by atoms with E-state index in [9.17, 15) is 18.3 Å². The molecule has 0 atom stereocenters. The van der Waals surface area contributed by atoms with Gasteiger partial charge >= 0.3 is 0 Å². The summed E-state index contributed by atoms with van der Waals surface area (Å²) in [5.41, 5.74) is 0.385. The van der Waals surface area contributed by atoms with Crippen LogP contribution in [0.15, 0.2) is 18.2 Å². The van der Waals surface area contributed by atoms with Crippen molar-refractivity contribution in [3.05, 3.63) is 41.2 Å². The largest absolute Gasteiger partial charge is 0.508 e. The summed E-state index contributed by atoms with van der Waals surface area (Å²) in [6.07, 6.45) is 0. The van der Waals surface area contributed by atoms with Gasteiger partial charge in [0.05, 0.1) is 0 Å². The van der Waals surface area contributed by atoms with Gasteiger partial charge in [-0.15, -0.1) is 0 Å². The minimum Gasteiger partial charge on any atom is -0.508 e. The Morgan fingerprint density at radius 3 is 2.24 bits per heavy atom. The molecule has 2 aromatic rings. The molecular weight excluding hydrogens is 229 g/mol. The second-order valence-corrected chi connectivity index (χ2v) is 4.27. The van der Waals surface area contributed by atoms with Crippen molar-refractivity contribution in [2.75, 3.05) is 0 Å². The van der Waals surface area contributed by atoms with Crippen LogP contribution in [0.4, 0.5) is 13.2 Å². The fourth-order valence-electron chi connectivity index (χ4n) is 1.91. The Hall–Kier alpha value is -1.71. The lowest BCUT2D eigenvalue weighted by atomic mass is 9.95. The van der Waals surface area contributed by atoms with Crippen molar-refractivity contribution in [2.24, 2.45) is 0 Å². The molecule has 0 aliphatic rings. The van der Waals surface area contributed by atoms with Gasteiger partial charge in [-0.3, -0.25) is 0 Å². The first-order valence-electron chi connectivity index (χ1n) is 5.22. The molecule has 90 valence electrons. The molecule has 0 aliphatic heterocycles. The molecule has 17 heavy (non-hydrogen) atoms. The van der Waals surface area contributed by atoms with Gasteiger partial charge in [0.1, 0.15) is 11.6 Å². The van der Waals surface area contributed by atoms with Crippen LogP contribution in [0.5, 0.6) is 5.75 Å². The highest BCUT2D eigenvalue weighted by atomic mass is 19.2. The molecule has 2 aromatic carbocycles. The Kier molecular flexibility index (Phi) is 2.73. The van der Waals surface area contributed by atoms with Gasteiger partial charge in [-0.25, -0.2) is 13.2 Å². The molecule has 0 aromatic heterocycles. The number of rotatable bonds is 1. The zero-order chi connectivity index (χ0) is 12.7. The van der Waals surface area contributed by atoms with E-state index in [2.05, 4.69) is 0 Å². The van der Waals surface area contributed by atoms with Gasteiger partial charge in [0, 0.05) is 16.8 Å². The van der Waals surface area contributed by atoms with E-state index in [1.54, 1.807) is 13.8 Å². The maximum Gasteiger partial charge on any atom is 0.167 e. The van der Waals surface area contributed by atoms with E-state index < -0.39 is 17.5 Å². The second kappa shape index (κ2) is 3.95. The normalized spacial score (nSPS) is 11.4. The van der Waals surface area contributed by atoms with Crippen LogP contribution >= 0.6 is 0 Å². The van der Waals surface area contributed by atoms with Crippen LogP contribution in [0.25, 0.3) is 10.8 Å². The number of phenolic OH excluding ortho intramolecular Hbond substituents is 1. The molecule has 1 N–H and O–H groups in total. The van der Waals surface area contributed by atoms with E-state index >= 15 is 0 Å². The van der Waals surface area contributed by atoms with E-state index in [0.29, 0.717) is 11.6 Å². The summed E-state index contributed by atoms with van der Waals surface area (Å²) in [6, 6.07) is 2.91. The standard InChI is InChI=1S/C13H11F3O/c1-6(2)8-3-7(17)4-9-10(14)5-11(15)13(16)12(8)9/h3-6,17H,1-2H3.